The van der Waals surface area contributed by atoms with Crippen LogP contribution in [-0.4, -0.2) is 67.9 Å². The van der Waals surface area contributed by atoms with Crippen molar-refractivity contribution >= 4 is 17.9 Å². The SMILES string of the molecule is CC(O)C(CCO)OC(=O)CC(O)(CC(=O)O)C(=O)O. The fourth-order valence-electron chi connectivity index (χ4n) is 1.44. The smallest absolute Gasteiger partial charge is 0.336 e. The Kier molecular flexibility index (Phi) is 7.11. The van der Waals surface area contributed by atoms with Crippen molar-refractivity contribution in [2.45, 2.75) is 44.0 Å². The molecule has 0 radical (unpaired) electrons. The molecule has 0 aromatic heterocycles. The highest BCUT2D eigenvalue weighted by Gasteiger charge is 2.42. The van der Waals surface area contributed by atoms with Gasteiger partial charge in [-0.25, -0.2) is 4.79 Å². The van der Waals surface area contributed by atoms with Crippen LogP contribution >= 0.6 is 0 Å². The minimum Gasteiger partial charge on any atom is -0.481 e. The Hall–Kier alpha value is -1.71. The number of carboxylic acids is 2. The Labute approximate surface area is 114 Å². The van der Waals surface area contributed by atoms with Crippen LogP contribution in [0.1, 0.15) is 26.2 Å². The van der Waals surface area contributed by atoms with Crippen molar-refractivity contribution < 1.29 is 44.7 Å². The van der Waals surface area contributed by atoms with Crippen LogP contribution in [0.5, 0.6) is 0 Å². The van der Waals surface area contributed by atoms with Crippen LogP contribution in [0.3, 0.4) is 0 Å². The van der Waals surface area contributed by atoms with Crippen LogP contribution < -0.4 is 0 Å². The number of aliphatic hydroxyl groups excluding tert-OH is 2. The van der Waals surface area contributed by atoms with E-state index in [1.807, 2.05) is 0 Å². The molecule has 0 bridgehead atoms. The molecule has 0 spiro atoms. The van der Waals surface area contributed by atoms with Crippen LogP contribution in [0, 0.1) is 0 Å². The molecule has 0 heterocycles. The first-order chi connectivity index (χ1) is 9.12. The van der Waals surface area contributed by atoms with Gasteiger partial charge in [0, 0.05) is 13.0 Å². The summed E-state index contributed by atoms with van der Waals surface area (Å²) in [5.74, 6) is -4.65. The maximum atomic E-state index is 11.5. The van der Waals surface area contributed by atoms with Gasteiger partial charge >= 0.3 is 17.9 Å². The lowest BCUT2D eigenvalue weighted by Gasteiger charge is -2.24. The van der Waals surface area contributed by atoms with E-state index in [0.717, 1.165) is 0 Å². The second-order valence-electron chi connectivity index (χ2n) is 4.37. The molecule has 0 aliphatic heterocycles. The number of aliphatic carboxylic acids is 2. The standard InChI is InChI=1S/C11H18O9/c1-6(13)7(2-3-12)20-9(16)5-11(19,10(17)18)4-8(14)15/h6-7,12-13,19H,2-5H2,1H3,(H,14,15)(H,17,18). The number of aliphatic hydroxyl groups is 3. The highest BCUT2D eigenvalue weighted by molar-refractivity contribution is 5.88. The Balaban J connectivity index is 4.76. The van der Waals surface area contributed by atoms with Gasteiger partial charge in [0.15, 0.2) is 5.60 Å². The molecule has 3 atom stereocenters. The molecule has 3 unspecified atom stereocenters. The van der Waals surface area contributed by atoms with E-state index in [9.17, 15) is 24.6 Å². The van der Waals surface area contributed by atoms with Crippen LogP contribution in [0.2, 0.25) is 0 Å². The van der Waals surface area contributed by atoms with Gasteiger partial charge in [-0.3, -0.25) is 9.59 Å². The number of carbonyl (C=O) groups excluding carboxylic acids is 1. The Morgan fingerprint density at radius 3 is 2.10 bits per heavy atom. The summed E-state index contributed by atoms with van der Waals surface area (Å²) in [5.41, 5.74) is -2.79. The van der Waals surface area contributed by atoms with E-state index in [-0.39, 0.29) is 13.0 Å². The van der Waals surface area contributed by atoms with Gasteiger partial charge in [0.05, 0.1) is 18.9 Å². The van der Waals surface area contributed by atoms with Gasteiger partial charge in [-0.1, -0.05) is 0 Å². The lowest BCUT2D eigenvalue weighted by molar-refractivity contribution is -0.175. The third kappa shape index (κ3) is 5.95. The summed E-state index contributed by atoms with van der Waals surface area (Å²) in [6.07, 6.45) is -4.51. The zero-order valence-electron chi connectivity index (χ0n) is 10.9. The summed E-state index contributed by atoms with van der Waals surface area (Å²) in [6.45, 7) is 0.926. The van der Waals surface area contributed by atoms with Crippen molar-refractivity contribution in [1.29, 1.82) is 0 Å². The number of carboxylic acid groups (broad SMARTS) is 2. The zero-order valence-corrected chi connectivity index (χ0v) is 10.9. The number of hydrogen-bond donors (Lipinski definition) is 5. The van der Waals surface area contributed by atoms with Gasteiger partial charge in [-0.05, 0) is 6.92 Å². The van der Waals surface area contributed by atoms with Gasteiger partial charge in [0.1, 0.15) is 6.10 Å². The van der Waals surface area contributed by atoms with Crippen molar-refractivity contribution in [2.75, 3.05) is 6.61 Å². The minimum atomic E-state index is -2.79. The van der Waals surface area contributed by atoms with E-state index in [4.69, 9.17) is 20.1 Å². The Bertz CT molecular complexity index is 365. The maximum absolute atomic E-state index is 11.5. The zero-order chi connectivity index (χ0) is 15.9. The second-order valence-corrected chi connectivity index (χ2v) is 4.37. The molecule has 0 rings (SSSR count). The number of esters is 1. The van der Waals surface area contributed by atoms with Crippen molar-refractivity contribution in [3.63, 3.8) is 0 Å². The van der Waals surface area contributed by atoms with E-state index in [1.165, 1.54) is 6.92 Å². The Morgan fingerprint density at radius 1 is 1.20 bits per heavy atom. The van der Waals surface area contributed by atoms with Gasteiger partial charge in [0.25, 0.3) is 0 Å². The molecular weight excluding hydrogens is 276 g/mol. The predicted octanol–water partition coefficient (Wildman–Crippen LogP) is -1.66. The number of rotatable bonds is 9. The highest BCUT2D eigenvalue weighted by atomic mass is 16.6. The average molecular weight is 294 g/mol. The molecule has 0 aliphatic carbocycles. The fourth-order valence-corrected chi connectivity index (χ4v) is 1.44. The van der Waals surface area contributed by atoms with E-state index < -0.39 is 48.6 Å². The molecule has 9 heteroatoms. The molecule has 0 saturated carbocycles. The first-order valence-corrected chi connectivity index (χ1v) is 5.78. The highest BCUT2D eigenvalue weighted by Crippen LogP contribution is 2.18. The van der Waals surface area contributed by atoms with Crippen molar-refractivity contribution in [3.8, 4) is 0 Å². The molecule has 0 fully saturated rings. The largest absolute Gasteiger partial charge is 0.481 e. The summed E-state index contributed by atoms with van der Waals surface area (Å²) < 4.78 is 4.71. The van der Waals surface area contributed by atoms with Crippen LogP contribution in [0.4, 0.5) is 0 Å². The van der Waals surface area contributed by atoms with E-state index in [0.29, 0.717) is 0 Å². The monoisotopic (exact) mass is 294 g/mol. The van der Waals surface area contributed by atoms with Crippen LogP contribution in [0.15, 0.2) is 0 Å². The maximum Gasteiger partial charge on any atom is 0.336 e. The second kappa shape index (κ2) is 7.78. The summed E-state index contributed by atoms with van der Waals surface area (Å²) in [7, 11) is 0. The fraction of sp³-hybridized carbons (Fsp3) is 0.727. The number of carbonyl (C=O) groups is 3. The number of hydrogen-bond acceptors (Lipinski definition) is 7. The first kappa shape index (κ1) is 18.3. The first-order valence-electron chi connectivity index (χ1n) is 5.78. The average Bonchev–Trinajstić information content (AvgIpc) is 2.26. The lowest BCUT2D eigenvalue weighted by Crippen LogP contribution is -2.44. The van der Waals surface area contributed by atoms with Crippen molar-refractivity contribution in [1.82, 2.24) is 0 Å². The number of ether oxygens (including phenoxy) is 1. The predicted molar refractivity (Wildman–Crippen MR) is 62.7 cm³/mol. The van der Waals surface area contributed by atoms with Gasteiger partial charge in [0.2, 0.25) is 0 Å². The summed E-state index contributed by atoms with van der Waals surface area (Å²) in [5, 5.41) is 44.9. The van der Waals surface area contributed by atoms with Crippen molar-refractivity contribution in [3.05, 3.63) is 0 Å². The lowest BCUT2D eigenvalue weighted by atomic mass is 9.96. The third-order valence-electron chi connectivity index (χ3n) is 2.51. The third-order valence-corrected chi connectivity index (χ3v) is 2.51. The van der Waals surface area contributed by atoms with E-state index in [2.05, 4.69) is 0 Å². The minimum absolute atomic E-state index is 0.0756. The van der Waals surface area contributed by atoms with Crippen molar-refractivity contribution in [2.24, 2.45) is 0 Å². The molecule has 0 aliphatic rings. The molecular formula is C11H18O9. The summed E-state index contributed by atoms with van der Waals surface area (Å²) in [4.78, 5) is 32.8. The van der Waals surface area contributed by atoms with Crippen LogP contribution in [-0.2, 0) is 19.1 Å². The molecule has 0 aromatic carbocycles. The molecule has 116 valence electrons. The normalized spacial score (nSPS) is 16.8. The molecule has 0 saturated heterocycles. The van der Waals surface area contributed by atoms with Gasteiger partial charge in [-0.15, -0.1) is 0 Å². The summed E-state index contributed by atoms with van der Waals surface area (Å²) in [6, 6.07) is 0. The molecule has 0 aromatic rings. The summed E-state index contributed by atoms with van der Waals surface area (Å²) >= 11 is 0. The molecule has 20 heavy (non-hydrogen) atoms. The Morgan fingerprint density at radius 2 is 1.75 bits per heavy atom. The van der Waals surface area contributed by atoms with E-state index >= 15 is 0 Å². The molecule has 0 amide bonds. The topological polar surface area (TPSA) is 162 Å². The van der Waals surface area contributed by atoms with Crippen LogP contribution in [0.25, 0.3) is 0 Å². The quantitative estimate of drug-likeness (QED) is 0.313. The molecule has 9 nitrogen and oxygen atoms in total. The van der Waals surface area contributed by atoms with Gasteiger partial charge < -0.3 is 30.3 Å². The van der Waals surface area contributed by atoms with Gasteiger partial charge in [-0.2, -0.15) is 0 Å². The van der Waals surface area contributed by atoms with E-state index in [1.54, 1.807) is 0 Å². The molecule has 5 N–H and O–H groups in total.